The van der Waals surface area contributed by atoms with Gasteiger partial charge in [-0.2, -0.15) is 0 Å². The molecule has 0 aromatic heterocycles. The first-order valence-electron chi connectivity index (χ1n) is 4.35. The molecule has 0 spiro atoms. The highest BCUT2D eigenvalue weighted by Gasteiger charge is 2.41. The van der Waals surface area contributed by atoms with Crippen LogP contribution < -0.4 is 0 Å². The first kappa shape index (κ1) is 10.2. The lowest BCUT2D eigenvalue weighted by molar-refractivity contribution is -0.155. The normalized spacial score (nSPS) is 21.5. The fourth-order valence-corrected chi connectivity index (χ4v) is 1.70. The van der Waals surface area contributed by atoms with Gasteiger partial charge in [0.2, 0.25) is 0 Å². The Kier molecular flexibility index (Phi) is 3.03. The molecule has 1 fully saturated rings. The van der Waals surface area contributed by atoms with Crippen LogP contribution in [0.25, 0.3) is 0 Å². The Morgan fingerprint density at radius 3 is 2.46 bits per heavy atom. The molecule has 0 heterocycles. The largest absolute Gasteiger partial charge is 0.481 e. The number of ether oxygens (including phenoxy) is 1. The fraction of sp³-hybridized carbons (Fsp3) is 0.778. The van der Waals surface area contributed by atoms with E-state index in [2.05, 4.69) is 0 Å². The molecule has 0 unspecified atom stereocenters. The van der Waals surface area contributed by atoms with Crippen LogP contribution in [0.2, 0.25) is 0 Å². The number of rotatable bonds is 3. The van der Waals surface area contributed by atoms with E-state index >= 15 is 0 Å². The van der Waals surface area contributed by atoms with E-state index in [0.29, 0.717) is 25.7 Å². The number of carbonyl (C=O) groups excluding carboxylic acids is 1. The molecule has 1 aliphatic rings. The average Bonchev–Trinajstić information content (AvgIpc) is 2.09. The van der Waals surface area contributed by atoms with Crippen LogP contribution in [0.4, 0.5) is 0 Å². The Morgan fingerprint density at radius 1 is 1.54 bits per heavy atom. The highest BCUT2D eigenvalue weighted by atomic mass is 16.5. The van der Waals surface area contributed by atoms with Gasteiger partial charge in [-0.1, -0.05) is 0 Å². The number of carboxylic acid groups (broad SMARTS) is 1. The zero-order valence-corrected chi connectivity index (χ0v) is 7.71. The highest BCUT2D eigenvalue weighted by molar-refractivity contribution is 5.83. The van der Waals surface area contributed by atoms with Crippen LogP contribution in [0.3, 0.4) is 0 Å². The molecule has 0 radical (unpaired) electrons. The zero-order valence-electron chi connectivity index (χ0n) is 7.71. The fourth-order valence-electron chi connectivity index (χ4n) is 1.70. The van der Waals surface area contributed by atoms with Gasteiger partial charge in [0.25, 0.3) is 0 Å². The molecule has 0 aliphatic heterocycles. The molecule has 4 heteroatoms. The molecule has 1 saturated carbocycles. The van der Waals surface area contributed by atoms with E-state index in [1.54, 1.807) is 0 Å². The zero-order chi connectivity index (χ0) is 9.90. The predicted molar refractivity (Wildman–Crippen MR) is 45.4 cm³/mol. The smallest absolute Gasteiger partial charge is 0.312 e. The standard InChI is InChI=1S/C9H14O4/c1-13-6-9(8(11)12)4-2-7(10)3-5-9/h2-6H2,1H3,(H,11,12). The first-order valence-corrected chi connectivity index (χ1v) is 4.35. The molecule has 1 N–H and O–H groups in total. The maximum Gasteiger partial charge on any atom is 0.312 e. The summed E-state index contributed by atoms with van der Waals surface area (Å²) in [4.78, 5) is 21.9. The third-order valence-corrected chi connectivity index (χ3v) is 2.64. The topological polar surface area (TPSA) is 63.6 Å². The van der Waals surface area contributed by atoms with Crippen LogP contribution >= 0.6 is 0 Å². The van der Waals surface area contributed by atoms with Gasteiger partial charge in [0, 0.05) is 20.0 Å². The first-order chi connectivity index (χ1) is 6.10. The highest BCUT2D eigenvalue weighted by Crippen LogP contribution is 2.35. The molecule has 1 aliphatic carbocycles. The summed E-state index contributed by atoms with van der Waals surface area (Å²) in [7, 11) is 1.49. The van der Waals surface area contributed by atoms with E-state index in [9.17, 15) is 9.59 Å². The summed E-state index contributed by atoms with van der Waals surface area (Å²) < 4.78 is 4.89. The van der Waals surface area contributed by atoms with E-state index in [1.165, 1.54) is 7.11 Å². The molecule has 0 aromatic rings. The molecule has 74 valence electrons. The van der Waals surface area contributed by atoms with E-state index in [4.69, 9.17) is 9.84 Å². The van der Waals surface area contributed by atoms with Crippen molar-refractivity contribution in [3.05, 3.63) is 0 Å². The summed E-state index contributed by atoms with van der Waals surface area (Å²) in [5.41, 5.74) is -0.817. The Morgan fingerprint density at radius 2 is 2.08 bits per heavy atom. The van der Waals surface area contributed by atoms with E-state index in [1.807, 2.05) is 0 Å². The molecule has 4 nitrogen and oxygen atoms in total. The van der Waals surface area contributed by atoms with Crippen LogP contribution in [-0.4, -0.2) is 30.6 Å². The molecule has 13 heavy (non-hydrogen) atoms. The number of aliphatic carboxylic acids is 1. The minimum atomic E-state index is -0.846. The Balaban J connectivity index is 2.68. The lowest BCUT2D eigenvalue weighted by atomic mass is 9.74. The predicted octanol–water partition coefficient (Wildman–Crippen LogP) is 0.847. The van der Waals surface area contributed by atoms with Gasteiger partial charge in [-0.25, -0.2) is 0 Å². The van der Waals surface area contributed by atoms with Gasteiger partial charge < -0.3 is 9.84 Å². The van der Waals surface area contributed by atoms with E-state index in [-0.39, 0.29) is 12.4 Å². The number of methoxy groups -OCH3 is 1. The van der Waals surface area contributed by atoms with Crippen molar-refractivity contribution >= 4 is 11.8 Å². The molecular formula is C9H14O4. The maximum absolute atomic E-state index is 11.0. The van der Waals surface area contributed by atoms with Crippen molar-refractivity contribution in [3.63, 3.8) is 0 Å². The molecule has 1 rings (SSSR count). The van der Waals surface area contributed by atoms with Crippen molar-refractivity contribution in [2.75, 3.05) is 13.7 Å². The number of hydrogen-bond acceptors (Lipinski definition) is 3. The second kappa shape index (κ2) is 3.87. The summed E-state index contributed by atoms with van der Waals surface area (Å²) >= 11 is 0. The van der Waals surface area contributed by atoms with Gasteiger partial charge in [-0.3, -0.25) is 9.59 Å². The monoisotopic (exact) mass is 186 g/mol. The molecule has 0 bridgehead atoms. The summed E-state index contributed by atoms with van der Waals surface area (Å²) in [6.07, 6.45) is 1.56. The lowest BCUT2D eigenvalue weighted by Crippen LogP contribution is -2.39. The number of hydrogen-bond donors (Lipinski definition) is 1. The quantitative estimate of drug-likeness (QED) is 0.709. The van der Waals surface area contributed by atoms with Crippen molar-refractivity contribution in [3.8, 4) is 0 Å². The molecule has 0 amide bonds. The van der Waals surface area contributed by atoms with Gasteiger partial charge in [-0.05, 0) is 12.8 Å². The lowest BCUT2D eigenvalue weighted by Gasteiger charge is -2.31. The van der Waals surface area contributed by atoms with Crippen molar-refractivity contribution in [1.82, 2.24) is 0 Å². The Hall–Kier alpha value is -0.900. The second-order valence-corrected chi connectivity index (χ2v) is 3.56. The number of Topliss-reactive ketones (excluding diaryl/α,β-unsaturated/α-hetero) is 1. The number of ketones is 1. The number of carbonyl (C=O) groups is 2. The van der Waals surface area contributed by atoms with Crippen LogP contribution in [0.1, 0.15) is 25.7 Å². The minimum absolute atomic E-state index is 0.160. The third-order valence-electron chi connectivity index (χ3n) is 2.64. The molecule has 0 aromatic carbocycles. The minimum Gasteiger partial charge on any atom is -0.481 e. The van der Waals surface area contributed by atoms with Gasteiger partial charge in [-0.15, -0.1) is 0 Å². The molecular weight excluding hydrogens is 172 g/mol. The van der Waals surface area contributed by atoms with Crippen LogP contribution in [-0.2, 0) is 14.3 Å². The van der Waals surface area contributed by atoms with Crippen molar-refractivity contribution in [1.29, 1.82) is 0 Å². The van der Waals surface area contributed by atoms with E-state index in [0.717, 1.165) is 0 Å². The summed E-state index contributed by atoms with van der Waals surface area (Å²) in [6, 6.07) is 0. The van der Waals surface area contributed by atoms with Crippen molar-refractivity contribution in [2.45, 2.75) is 25.7 Å². The molecule has 0 atom stereocenters. The van der Waals surface area contributed by atoms with Crippen LogP contribution in [0.15, 0.2) is 0 Å². The summed E-state index contributed by atoms with van der Waals surface area (Å²) in [6.45, 7) is 0.204. The van der Waals surface area contributed by atoms with Gasteiger partial charge in [0.1, 0.15) is 5.78 Å². The van der Waals surface area contributed by atoms with Crippen molar-refractivity contribution < 1.29 is 19.4 Å². The SMILES string of the molecule is COCC1(C(=O)O)CCC(=O)CC1. The maximum atomic E-state index is 11.0. The van der Waals surface area contributed by atoms with Gasteiger partial charge in [0.05, 0.1) is 12.0 Å². The summed E-state index contributed by atoms with van der Waals surface area (Å²) in [5, 5.41) is 9.01. The molecule has 0 saturated heterocycles. The van der Waals surface area contributed by atoms with Gasteiger partial charge >= 0.3 is 5.97 Å². The van der Waals surface area contributed by atoms with E-state index < -0.39 is 11.4 Å². The summed E-state index contributed by atoms with van der Waals surface area (Å²) in [5.74, 6) is -0.685. The third kappa shape index (κ3) is 2.06. The average molecular weight is 186 g/mol. The number of carboxylic acids is 1. The van der Waals surface area contributed by atoms with Crippen molar-refractivity contribution in [2.24, 2.45) is 5.41 Å². The Bertz CT molecular complexity index is 212. The van der Waals surface area contributed by atoms with Gasteiger partial charge in [0.15, 0.2) is 0 Å². The van der Waals surface area contributed by atoms with Crippen LogP contribution in [0.5, 0.6) is 0 Å². The second-order valence-electron chi connectivity index (χ2n) is 3.56. The van der Waals surface area contributed by atoms with Crippen LogP contribution in [0, 0.1) is 5.41 Å². The Labute approximate surface area is 76.9 Å².